The van der Waals surface area contributed by atoms with Crippen LogP contribution in [0.1, 0.15) is 61.0 Å². The molecule has 0 aliphatic heterocycles. The second-order valence-electron chi connectivity index (χ2n) is 8.88. The number of nitrogens with one attached hydrogen (secondary N) is 1. The zero-order valence-electron chi connectivity index (χ0n) is 23.0. The molecule has 2 aromatic carbocycles. The molecule has 0 radical (unpaired) electrons. The first-order chi connectivity index (χ1) is 17.6. The van der Waals surface area contributed by atoms with E-state index in [1.807, 2.05) is 17.7 Å². The van der Waals surface area contributed by atoms with E-state index in [9.17, 15) is 9.59 Å². The van der Waals surface area contributed by atoms with Gasteiger partial charge in [-0.3, -0.25) is 9.59 Å². The molecular weight excluding hydrogens is 681 g/mol. The van der Waals surface area contributed by atoms with E-state index in [-0.39, 0.29) is 83.9 Å². The van der Waals surface area contributed by atoms with Crippen LogP contribution in [-0.2, 0) is 30.8 Å². The molecule has 0 aliphatic rings. The zero-order valence-corrected chi connectivity index (χ0v) is 27.8. The number of carbonyl (C=O) groups is 2. The van der Waals surface area contributed by atoms with Gasteiger partial charge >= 0.3 is 19.5 Å². The van der Waals surface area contributed by atoms with Gasteiger partial charge in [0.15, 0.2) is 12.4 Å². The van der Waals surface area contributed by atoms with Crippen LogP contribution in [0.25, 0.3) is 0 Å². The Labute approximate surface area is 272 Å². The number of rotatable bonds is 11. The van der Waals surface area contributed by atoms with Gasteiger partial charge in [-0.05, 0) is 49.0 Å². The third kappa shape index (κ3) is 13.2. The number of hydrogen-bond donors (Lipinski definition) is 1. The molecule has 1 amide bonds. The number of amides is 1. The minimum atomic E-state index is -0.271. The monoisotopic (exact) mass is 715 g/mol. The number of imidazole rings is 1. The van der Waals surface area contributed by atoms with Crippen LogP contribution in [0.4, 0.5) is 0 Å². The van der Waals surface area contributed by atoms with Crippen LogP contribution in [-0.4, -0.2) is 34.4 Å². The van der Waals surface area contributed by atoms with Crippen LogP contribution in [0.2, 0.25) is 10.0 Å². The van der Waals surface area contributed by atoms with E-state index in [0.29, 0.717) is 24.5 Å². The first-order valence-corrected chi connectivity index (χ1v) is 13.0. The first-order valence-electron chi connectivity index (χ1n) is 12.3. The van der Waals surface area contributed by atoms with Gasteiger partial charge in [0.1, 0.15) is 10.8 Å². The van der Waals surface area contributed by atoms with E-state index in [1.165, 1.54) is 23.3 Å². The summed E-state index contributed by atoms with van der Waals surface area (Å²) in [5, 5.41) is 2.95. The molecule has 3 rings (SSSR count). The van der Waals surface area contributed by atoms with Crippen molar-refractivity contribution in [3.05, 3.63) is 94.0 Å². The SMILES string of the molecule is C=C(CC)C(=O)c1ccc(OCC(=O)NCCCn2ccnc2)c(Cl)c1Cl.Cc1ccc(C(C)C)cc1.[Cl-].[Cl-].[Ru+2]. The van der Waals surface area contributed by atoms with Gasteiger partial charge in [0.2, 0.25) is 0 Å². The van der Waals surface area contributed by atoms with Crippen LogP contribution in [0.3, 0.4) is 0 Å². The number of halogens is 4. The van der Waals surface area contributed by atoms with Gasteiger partial charge < -0.3 is 39.4 Å². The Balaban J connectivity index is 0. The quantitative estimate of drug-likeness (QED) is 0.140. The fourth-order valence-corrected chi connectivity index (χ4v) is 3.69. The van der Waals surface area contributed by atoms with Gasteiger partial charge in [-0.15, -0.1) is 0 Å². The van der Waals surface area contributed by atoms with E-state index in [4.69, 9.17) is 27.9 Å². The van der Waals surface area contributed by atoms with Crippen molar-refractivity contribution in [2.24, 2.45) is 0 Å². The molecule has 0 saturated heterocycles. The molecule has 0 aliphatic carbocycles. The summed E-state index contributed by atoms with van der Waals surface area (Å²) in [7, 11) is 0. The molecule has 3 aromatic rings. The third-order valence-corrected chi connectivity index (χ3v) is 6.48. The number of ketones is 1. The second-order valence-corrected chi connectivity index (χ2v) is 9.64. The van der Waals surface area contributed by atoms with Crippen molar-refractivity contribution in [1.29, 1.82) is 0 Å². The van der Waals surface area contributed by atoms with E-state index >= 15 is 0 Å². The molecule has 1 aromatic heterocycles. The van der Waals surface area contributed by atoms with Crippen molar-refractivity contribution < 1.29 is 58.6 Å². The number of hydrogen-bond acceptors (Lipinski definition) is 4. The largest absolute Gasteiger partial charge is 2.00 e. The number of ether oxygens (including phenoxy) is 1. The summed E-state index contributed by atoms with van der Waals surface area (Å²) in [6, 6.07) is 11.8. The molecule has 1 N–H and O–H groups in total. The summed E-state index contributed by atoms with van der Waals surface area (Å²) in [5.41, 5.74) is 3.47. The van der Waals surface area contributed by atoms with Crippen LogP contribution in [0.5, 0.6) is 5.75 Å². The van der Waals surface area contributed by atoms with Crippen molar-refractivity contribution in [1.82, 2.24) is 14.9 Å². The fourth-order valence-electron chi connectivity index (χ4n) is 3.22. The summed E-state index contributed by atoms with van der Waals surface area (Å²) >= 11 is 12.4. The maximum Gasteiger partial charge on any atom is 2.00 e. The van der Waals surface area contributed by atoms with Crippen LogP contribution in [0.15, 0.2) is 67.3 Å². The maximum absolute atomic E-state index is 12.2. The minimum Gasteiger partial charge on any atom is -1.00 e. The molecule has 11 heteroatoms. The average Bonchev–Trinajstić information content (AvgIpc) is 3.41. The van der Waals surface area contributed by atoms with Crippen molar-refractivity contribution >= 4 is 34.9 Å². The van der Waals surface area contributed by atoms with E-state index < -0.39 is 0 Å². The maximum atomic E-state index is 12.2. The molecule has 0 bridgehead atoms. The smallest absolute Gasteiger partial charge is 1.00 e. The summed E-state index contributed by atoms with van der Waals surface area (Å²) in [6.45, 7) is 13.2. The zero-order chi connectivity index (χ0) is 27.4. The number of carbonyl (C=O) groups excluding carboxylic acids is 2. The number of Topliss-reactive ketones (excluding diaryl/α,β-unsaturated/α-hetero) is 1. The van der Waals surface area contributed by atoms with Gasteiger partial charge in [0.05, 0.1) is 11.3 Å². The first kappa shape index (κ1) is 40.3. The third-order valence-electron chi connectivity index (χ3n) is 5.62. The number of allylic oxidation sites excluding steroid dienone is 1. The summed E-state index contributed by atoms with van der Waals surface area (Å²) in [5.74, 6) is 0.369. The molecule has 0 unspecified atom stereocenters. The van der Waals surface area contributed by atoms with Gasteiger partial charge in [0, 0.05) is 31.0 Å². The summed E-state index contributed by atoms with van der Waals surface area (Å²) < 4.78 is 7.36. The number of benzene rings is 2. The minimum absolute atomic E-state index is 0. The molecule has 0 atom stereocenters. The average molecular weight is 716 g/mol. The van der Waals surface area contributed by atoms with Crippen molar-refractivity contribution in [3.63, 3.8) is 0 Å². The number of aromatic nitrogens is 2. The van der Waals surface area contributed by atoms with Crippen molar-refractivity contribution in [2.75, 3.05) is 13.2 Å². The van der Waals surface area contributed by atoms with Crippen molar-refractivity contribution in [2.45, 2.75) is 53.0 Å². The Morgan fingerprint density at radius 1 is 1.07 bits per heavy atom. The Morgan fingerprint density at radius 3 is 2.27 bits per heavy atom. The number of nitrogens with zero attached hydrogens (tertiary/aromatic N) is 2. The van der Waals surface area contributed by atoms with Crippen LogP contribution >= 0.6 is 23.2 Å². The molecule has 0 fully saturated rings. The predicted octanol–water partition coefficient (Wildman–Crippen LogP) is 1.05. The van der Waals surface area contributed by atoms with Gasteiger partial charge in [-0.25, -0.2) is 4.98 Å². The topological polar surface area (TPSA) is 73.2 Å². The Kier molecular flexibility index (Phi) is 21.0. The molecular formula is C29H35Cl4N3O3Ru. The Hall–Kier alpha value is -1.89. The summed E-state index contributed by atoms with van der Waals surface area (Å²) in [6.07, 6.45) is 6.58. The Bertz CT molecular complexity index is 1190. The van der Waals surface area contributed by atoms with Gasteiger partial charge in [-0.1, -0.05) is 80.4 Å². The van der Waals surface area contributed by atoms with Crippen LogP contribution < -0.4 is 34.9 Å². The molecule has 40 heavy (non-hydrogen) atoms. The van der Waals surface area contributed by atoms with E-state index in [0.717, 1.165) is 13.0 Å². The van der Waals surface area contributed by atoms with Crippen LogP contribution in [0, 0.1) is 6.92 Å². The normalized spacial score (nSPS) is 9.68. The number of aryl methyl sites for hydroxylation is 2. The van der Waals surface area contributed by atoms with Gasteiger partial charge in [-0.2, -0.15) is 0 Å². The van der Waals surface area contributed by atoms with E-state index in [2.05, 4.69) is 61.9 Å². The predicted molar refractivity (Wildman–Crippen MR) is 151 cm³/mol. The Morgan fingerprint density at radius 2 is 1.73 bits per heavy atom. The summed E-state index contributed by atoms with van der Waals surface area (Å²) in [4.78, 5) is 28.0. The molecule has 6 nitrogen and oxygen atoms in total. The van der Waals surface area contributed by atoms with Gasteiger partial charge in [0.25, 0.3) is 5.91 Å². The second kappa shape index (κ2) is 20.9. The van der Waals surface area contributed by atoms with E-state index in [1.54, 1.807) is 12.5 Å². The molecule has 220 valence electrons. The molecule has 0 saturated carbocycles. The fraction of sp³-hybridized carbons (Fsp3) is 0.345. The van der Waals surface area contributed by atoms with Crippen molar-refractivity contribution in [3.8, 4) is 5.75 Å². The molecule has 0 spiro atoms. The standard InChI is InChI=1S/C19H21Cl2N3O3.C10H14.2ClH.Ru/c1-3-13(2)19(26)14-5-6-15(18(21)17(14)20)27-11-16(25)23-7-4-9-24-10-8-22-12-24;1-8(2)10-6-4-9(3)5-7-10;;;/h5-6,8,10,12H,2-4,7,9,11H2,1H3,(H,23,25);4-8H,1-3H3;2*1H;/q;;;;+2/p-2. The molecule has 1 heterocycles.